The van der Waals surface area contributed by atoms with E-state index in [4.69, 9.17) is 11.6 Å². The van der Waals surface area contributed by atoms with Gasteiger partial charge in [-0.15, -0.1) is 0 Å². The second kappa shape index (κ2) is 7.89. The van der Waals surface area contributed by atoms with Gasteiger partial charge >= 0.3 is 0 Å². The summed E-state index contributed by atoms with van der Waals surface area (Å²) in [6, 6.07) is 18.0. The van der Waals surface area contributed by atoms with Crippen molar-refractivity contribution in [1.82, 2.24) is 0 Å². The molecule has 7 nitrogen and oxygen atoms in total. The van der Waals surface area contributed by atoms with Gasteiger partial charge in [0, 0.05) is 18.8 Å². The van der Waals surface area contributed by atoms with E-state index in [1.807, 2.05) is 24.3 Å². The van der Waals surface area contributed by atoms with Crippen LogP contribution in [-0.2, 0) is 16.4 Å². The molecule has 0 saturated carbocycles. The molecule has 0 amide bonds. The number of nitrogens with zero attached hydrogens (tertiary/aromatic N) is 3. The Bertz CT molecular complexity index is 1260. The van der Waals surface area contributed by atoms with E-state index in [0.29, 0.717) is 29.9 Å². The molecule has 4 rings (SSSR count). The molecule has 1 aliphatic heterocycles. The molecule has 0 saturated heterocycles. The number of aliphatic imine (C=N–C) groups is 1. The Balaban J connectivity index is 1.56. The number of nitro benzene ring substituents is 1. The van der Waals surface area contributed by atoms with Gasteiger partial charge in [-0.1, -0.05) is 35.9 Å². The molecule has 3 aromatic rings. The molecule has 0 bridgehead atoms. The molecule has 0 spiro atoms. The van der Waals surface area contributed by atoms with Crippen LogP contribution in [0.3, 0.4) is 0 Å². The third-order valence-electron chi connectivity index (χ3n) is 4.80. The molecule has 0 N–H and O–H groups in total. The summed E-state index contributed by atoms with van der Waals surface area (Å²) in [6.45, 7) is 0.414. The fraction of sp³-hybridized carbons (Fsp3) is 0.0952. The first kappa shape index (κ1) is 20.1. The Morgan fingerprint density at radius 1 is 1.07 bits per heavy atom. The average molecular weight is 442 g/mol. The number of fused-ring (bicyclic) bond motifs is 1. The minimum absolute atomic E-state index is 0.0511. The number of rotatable bonds is 5. The van der Waals surface area contributed by atoms with Crippen LogP contribution in [0.2, 0.25) is 5.02 Å². The van der Waals surface area contributed by atoms with Crippen molar-refractivity contribution in [1.29, 1.82) is 0 Å². The molecule has 30 heavy (non-hydrogen) atoms. The van der Waals surface area contributed by atoms with Crippen molar-refractivity contribution in [3.8, 4) is 0 Å². The predicted molar refractivity (Wildman–Crippen MR) is 116 cm³/mol. The van der Waals surface area contributed by atoms with Gasteiger partial charge in [-0.25, -0.2) is 8.42 Å². The Hall–Kier alpha value is -3.23. The molecular weight excluding hydrogens is 426 g/mol. The average Bonchev–Trinajstić information content (AvgIpc) is 3.18. The van der Waals surface area contributed by atoms with Gasteiger partial charge < -0.3 is 0 Å². The van der Waals surface area contributed by atoms with Crippen molar-refractivity contribution >= 4 is 44.9 Å². The molecule has 152 valence electrons. The maximum absolute atomic E-state index is 13.0. The van der Waals surface area contributed by atoms with Crippen LogP contribution in [-0.4, -0.2) is 26.1 Å². The minimum atomic E-state index is -3.66. The summed E-state index contributed by atoms with van der Waals surface area (Å²) >= 11 is 5.81. The van der Waals surface area contributed by atoms with Crippen LogP contribution in [0.4, 0.5) is 17.1 Å². The van der Waals surface area contributed by atoms with Gasteiger partial charge in [-0.3, -0.25) is 19.4 Å². The fourth-order valence-corrected chi connectivity index (χ4v) is 4.98. The fourth-order valence-electron chi connectivity index (χ4n) is 3.29. The standard InChI is InChI=1S/C21H16ClN3O4S/c22-19-10-5-15(13-21(19)25(26)27)14-23-17-6-8-18(9-7-17)30(28,29)24-12-11-16-3-1-2-4-20(16)24/h1-10,13-14H,11-12H2. The number of anilines is 1. The number of nitro groups is 1. The van der Waals surface area contributed by atoms with Gasteiger partial charge in [0.25, 0.3) is 15.7 Å². The lowest BCUT2D eigenvalue weighted by atomic mass is 10.2. The maximum atomic E-state index is 13.0. The predicted octanol–water partition coefficient (Wildman–Crippen LogP) is 4.75. The van der Waals surface area contributed by atoms with Crippen LogP contribution in [0.25, 0.3) is 0 Å². The molecule has 0 aromatic heterocycles. The van der Waals surface area contributed by atoms with E-state index in [-0.39, 0.29) is 15.6 Å². The zero-order valence-electron chi connectivity index (χ0n) is 15.6. The first-order valence-electron chi connectivity index (χ1n) is 9.05. The van der Waals surface area contributed by atoms with Crippen molar-refractivity contribution in [2.75, 3.05) is 10.8 Å². The van der Waals surface area contributed by atoms with Crippen LogP contribution in [0.15, 0.2) is 76.6 Å². The topological polar surface area (TPSA) is 92.9 Å². The number of para-hydroxylation sites is 1. The monoisotopic (exact) mass is 441 g/mol. The first-order chi connectivity index (χ1) is 14.4. The van der Waals surface area contributed by atoms with E-state index >= 15 is 0 Å². The molecule has 9 heteroatoms. The van der Waals surface area contributed by atoms with Gasteiger partial charge in [-0.2, -0.15) is 0 Å². The molecule has 0 radical (unpaired) electrons. The van der Waals surface area contributed by atoms with Gasteiger partial charge in [0.2, 0.25) is 0 Å². The zero-order chi connectivity index (χ0) is 21.3. The van der Waals surface area contributed by atoms with Crippen LogP contribution < -0.4 is 4.31 Å². The summed E-state index contributed by atoms with van der Waals surface area (Å²) < 4.78 is 27.5. The molecule has 0 unspecified atom stereocenters. The highest BCUT2D eigenvalue weighted by Crippen LogP contribution is 2.33. The van der Waals surface area contributed by atoms with Crippen LogP contribution in [0.1, 0.15) is 11.1 Å². The molecule has 0 fully saturated rings. The lowest BCUT2D eigenvalue weighted by Crippen LogP contribution is -2.29. The molecule has 1 heterocycles. The van der Waals surface area contributed by atoms with Crippen LogP contribution in [0.5, 0.6) is 0 Å². The van der Waals surface area contributed by atoms with Crippen LogP contribution in [0, 0.1) is 10.1 Å². The number of sulfonamides is 1. The van der Waals surface area contributed by atoms with E-state index in [0.717, 1.165) is 5.56 Å². The first-order valence-corrected chi connectivity index (χ1v) is 10.9. The van der Waals surface area contributed by atoms with E-state index in [2.05, 4.69) is 4.99 Å². The van der Waals surface area contributed by atoms with Crippen molar-refractivity contribution < 1.29 is 13.3 Å². The quantitative estimate of drug-likeness (QED) is 0.324. The Kier molecular flexibility index (Phi) is 5.27. The van der Waals surface area contributed by atoms with E-state index < -0.39 is 14.9 Å². The van der Waals surface area contributed by atoms with E-state index in [9.17, 15) is 18.5 Å². The van der Waals surface area contributed by atoms with Gasteiger partial charge in [0.1, 0.15) is 5.02 Å². The van der Waals surface area contributed by atoms with Crippen molar-refractivity contribution in [3.63, 3.8) is 0 Å². The van der Waals surface area contributed by atoms with E-state index in [1.54, 1.807) is 18.2 Å². The van der Waals surface area contributed by atoms with Gasteiger partial charge in [0.05, 0.1) is 21.2 Å². The lowest BCUT2D eigenvalue weighted by Gasteiger charge is -2.19. The summed E-state index contributed by atoms with van der Waals surface area (Å²) in [7, 11) is -3.66. The molecule has 0 aliphatic carbocycles. The largest absolute Gasteiger partial charge is 0.288 e. The second-order valence-electron chi connectivity index (χ2n) is 6.68. The highest BCUT2D eigenvalue weighted by molar-refractivity contribution is 7.92. The van der Waals surface area contributed by atoms with Gasteiger partial charge in [0.15, 0.2) is 0 Å². The molecule has 1 aliphatic rings. The summed E-state index contributed by atoms with van der Waals surface area (Å²) in [6.07, 6.45) is 2.15. The summed E-state index contributed by atoms with van der Waals surface area (Å²) in [4.78, 5) is 14.9. The number of benzene rings is 3. The number of hydrogen-bond donors (Lipinski definition) is 0. The molecular formula is C21H16ClN3O4S. The SMILES string of the molecule is O=[N+]([O-])c1cc(C=Nc2ccc(S(=O)(=O)N3CCc4ccccc43)cc2)ccc1Cl. The van der Waals surface area contributed by atoms with Crippen molar-refractivity contribution in [2.45, 2.75) is 11.3 Å². The third kappa shape index (κ3) is 3.79. The number of halogens is 1. The maximum Gasteiger partial charge on any atom is 0.288 e. The normalized spacial score (nSPS) is 13.6. The third-order valence-corrected chi connectivity index (χ3v) is 6.95. The molecule has 3 aromatic carbocycles. The lowest BCUT2D eigenvalue weighted by molar-refractivity contribution is -0.384. The Morgan fingerprint density at radius 3 is 2.53 bits per heavy atom. The van der Waals surface area contributed by atoms with E-state index in [1.165, 1.54) is 34.8 Å². The highest BCUT2D eigenvalue weighted by atomic mass is 35.5. The molecule has 0 atom stereocenters. The summed E-state index contributed by atoms with van der Waals surface area (Å²) in [5, 5.41) is 11.0. The highest BCUT2D eigenvalue weighted by Gasteiger charge is 2.30. The Labute approximate surface area is 178 Å². The second-order valence-corrected chi connectivity index (χ2v) is 8.95. The number of hydrogen-bond acceptors (Lipinski definition) is 5. The van der Waals surface area contributed by atoms with Crippen LogP contribution >= 0.6 is 11.6 Å². The summed E-state index contributed by atoms with van der Waals surface area (Å²) in [5.74, 6) is 0. The zero-order valence-corrected chi connectivity index (χ0v) is 17.2. The van der Waals surface area contributed by atoms with Gasteiger partial charge in [-0.05, 0) is 53.9 Å². The summed E-state index contributed by atoms with van der Waals surface area (Å²) in [5.41, 5.74) is 2.56. The minimum Gasteiger partial charge on any atom is -0.266 e. The van der Waals surface area contributed by atoms with Crippen molar-refractivity contribution in [2.24, 2.45) is 4.99 Å². The Morgan fingerprint density at radius 2 is 1.80 bits per heavy atom. The smallest absolute Gasteiger partial charge is 0.266 e. The van der Waals surface area contributed by atoms with Crippen molar-refractivity contribution in [3.05, 3.63) is 93.0 Å².